The highest BCUT2D eigenvalue weighted by Crippen LogP contribution is 2.61. The molecule has 1 saturated heterocycles. The number of nitrogens with one attached hydrogen (secondary N) is 2. The Hall–Kier alpha value is -2.29. The third-order valence-corrected chi connectivity index (χ3v) is 10.3. The van der Waals surface area contributed by atoms with Crippen molar-refractivity contribution in [3.63, 3.8) is 0 Å². The first kappa shape index (κ1) is 43.1. The molecule has 0 saturated carbocycles. The van der Waals surface area contributed by atoms with Gasteiger partial charge in [0.2, 0.25) is 17.6 Å². The topological polar surface area (TPSA) is 367 Å². The van der Waals surface area contributed by atoms with E-state index in [2.05, 4.69) is 55.9 Å². The first-order valence-electron chi connectivity index (χ1n) is 14.1. The minimum absolute atomic E-state index is 0.118. The first-order valence-corrected chi connectivity index (χ1v) is 20.3. The number of nitrogens with zero attached hydrogens (tertiary/aromatic N) is 5. The maximum Gasteiger partial charge on any atom is 0.481 e. The predicted octanol–water partition coefficient (Wildman–Crippen LogP) is -1.55. The molecule has 0 aromatic carbocycles. The SMILES string of the molecule is CC(C)(COP(=O)(O)OP(=O)(O)OC[C@H]1O[C@@H](n2cnc3c(N=S(=O)=O)ncnc32)[C@H](O)[C@@H]1OP(=O)(O)O)[C@@H](O)C(=O)NCCC(=O)NCCS. The van der Waals surface area contributed by atoms with Crippen molar-refractivity contribution < 1.29 is 84.1 Å². The maximum atomic E-state index is 12.6. The van der Waals surface area contributed by atoms with E-state index >= 15 is 0 Å². The molecule has 0 bridgehead atoms. The van der Waals surface area contributed by atoms with Crippen LogP contribution in [0.4, 0.5) is 5.82 Å². The van der Waals surface area contributed by atoms with Crippen molar-refractivity contribution in [2.24, 2.45) is 9.78 Å². The molecule has 0 radical (unpaired) electrons. The molecule has 0 aliphatic carbocycles. The molecule has 288 valence electrons. The number of aromatic nitrogens is 4. The van der Waals surface area contributed by atoms with Crippen molar-refractivity contribution in [1.29, 1.82) is 0 Å². The molecule has 1 fully saturated rings. The van der Waals surface area contributed by atoms with Crippen LogP contribution in [0.2, 0.25) is 0 Å². The fraction of sp³-hybridized carbons (Fsp3) is 0.667. The number of amides is 2. The Bertz CT molecular complexity index is 1850. The first-order chi connectivity index (χ1) is 23.6. The molecule has 3 rings (SSSR count). The quantitative estimate of drug-likeness (QED) is 0.0571. The van der Waals surface area contributed by atoms with Gasteiger partial charge in [0.25, 0.3) is 0 Å². The maximum absolute atomic E-state index is 12.6. The van der Waals surface area contributed by atoms with Crippen LogP contribution in [0, 0.1) is 5.41 Å². The van der Waals surface area contributed by atoms with Gasteiger partial charge < -0.3 is 45.2 Å². The van der Waals surface area contributed by atoms with Crippen molar-refractivity contribution in [1.82, 2.24) is 30.2 Å². The van der Waals surface area contributed by atoms with Gasteiger partial charge in [-0.05, 0) is 0 Å². The lowest BCUT2D eigenvalue weighted by atomic mass is 9.87. The molecular weight excluding hydrogens is 795 g/mol. The number of carbonyl (C=O) groups is 2. The molecule has 2 aromatic heterocycles. The molecule has 1 aliphatic rings. The summed E-state index contributed by atoms with van der Waals surface area (Å²) in [5.74, 6) is -1.36. The fourth-order valence-corrected chi connectivity index (χ4v) is 7.46. The molecule has 25 nitrogen and oxygen atoms in total. The molecule has 1 aliphatic heterocycles. The highest BCUT2D eigenvalue weighted by atomic mass is 32.2. The second kappa shape index (κ2) is 17.7. The van der Waals surface area contributed by atoms with Gasteiger partial charge in [-0.3, -0.25) is 27.7 Å². The molecule has 8 N–H and O–H groups in total. The van der Waals surface area contributed by atoms with Crippen LogP contribution < -0.4 is 10.6 Å². The number of aliphatic hydroxyl groups is 2. The zero-order valence-corrected chi connectivity index (χ0v) is 30.7. The van der Waals surface area contributed by atoms with E-state index in [4.69, 9.17) is 9.26 Å². The van der Waals surface area contributed by atoms with E-state index in [0.717, 1.165) is 17.2 Å². The highest BCUT2D eigenvalue weighted by Gasteiger charge is 2.50. The van der Waals surface area contributed by atoms with Gasteiger partial charge in [0.15, 0.2) is 17.4 Å². The van der Waals surface area contributed by atoms with E-state index in [0.29, 0.717) is 12.3 Å². The van der Waals surface area contributed by atoms with Crippen molar-refractivity contribution in [2.45, 2.75) is 50.9 Å². The summed E-state index contributed by atoms with van der Waals surface area (Å²) in [4.78, 5) is 74.5. The van der Waals surface area contributed by atoms with Gasteiger partial charge in [0.1, 0.15) is 30.7 Å². The number of aliphatic hydroxyl groups excluding tert-OH is 2. The third-order valence-electron chi connectivity index (χ3n) is 6.62. The normalized spacial score (nSPS) is 22.5. The van der Waals surface area contributed by atoms with Gasteiger partial charge in [-0.25, -0.2) is 28.6 Å². The van der Waals surface area contributed by atoms with E-state index in [1.807, 2.05) is 0 Å². The molecule has 0 spiro atoms. The summed E-state index contributed by atoms with van der Waals surface area (Å²) in [6.45, 7) is 0.538. The zero-order chi connectivity index (χ0) is 38.4. The molecule has 7 atom stereocenters. The van der Waals surface area contributed by atoms with Crippen LogP contribution >= 0.6 is 36.1 Å². The Kier molecular flexibility index (Phi) is 15.0. The lowest BCUT2D eigenvalue weighted by Crippen LogP contribution is -2.46. The summed E-state index contributed by atoms with van der Waals surface area (Å²) in [6, 6.07) is 0. The number of hydrogen-bond donors (Lipinski definition) is 9. The Morgan fingerprint density at radius 2 is 1.76 bits per heavy atom. The second-order valence-electron chi connectivity index (χ2n) is 11.0. The van der Waals surface area contributed by atoms with Crippen LogP contribution in [0.25, 0.3) is 11.2 Å². The minimum atomic E-state index is -5.60. The van der Waals surface area contributed by atoms with Crippen molar-refractivity contribution >= 4 is 75.4 Å². The van der Waals surface area contributed by atoms with Gasteiger partial charge in [-0.2, -0.15) is 25.4 Å². The number of thiol groups is 1. The molecular formula is C21H34N7O18P3S2. The van der Waals surface area contributed by atoms with Crippen LogP contribution in [0.1, 0.15) is 26.5 Å². The summed E-state index contributed by atoms with van der Waals surface area (Å²) in [5, 5.41) is 26.1. The van der Waals surface area contributed by atoms with Gasteiger partial charge in [-0.1, -0.05) is 13.8 Å². The molecule has 3 heterocycles. The van der Waals surface area contributed by atoms with Crippen LogP contribution in [0.3, 0.4) is 0 Å². The number of carbonyl (C=O) groups excluding carboxylic acids is 2. The van der Waals surface area contributed by atoms with Crippen LogP contribution in [-0.4, -0.2) is 126 Å². The van der Waals surface area contributed by atoms with Crippen LogP contribution in [-0.2, 0) is 56.4 Å². The van der Waals surface area contributed by atoms with E-state index < -0.39 is 95.0 Å². The standard InChI is InChI=1S/C21H34N7O18P3S2/c1-21(2,16(31)19(32)23-4-3-12(29)22-5-6-50)8-43-49(38,39)46-48(36,37)42-7-11-15(45-47(33,34)35)14(30)20(44-11)28-10-26-13-17(27-51(40)41)24-9-25-18(13)28/h9-11,14-16,20,30-31,50H,3-8H2,1-2H3,(H,22,29)(H,23,32)(H,36,37)(H,38,39)(H2,33,34,35)/t11-,14-,15-,16+,20-/m1/s1. The summed E-state index contributed by atoms with van der Waals surface area (Å²) in [7, 11) is -19.4. The lowest BCUT2D eigenvalue weighted by Gasteiger charge is -2.30. The van der Waals surface area contributed by atoms with Crippen LogP contribution in [0.5, 0.6) is 0 Å². The number of phosphoric ester groups is 3. The van der Waals surface area contributed by atoms with Crippen molar-refractivity contribution in [3.05, 3.63) is 12.7 Å². The van der Waals surface area contributed by atoms with E-state index in [1.165, 1.54) is 13.8 Å². The van der Waals surface area contributed by atoms with Gasteiger partial charge in [0, 0.05) is 30.7 Å². The van der Waals surface area contributed by atoms with Crippen molar-refractivity contribution in [2.75, 3.05) is 32.1 Å². The van der Waals surface area contributed by atoms with Crippen LogP contribution in [0.15, 0.2) is 17.0 Å². The van der Waals surface area contributed by atoms with Crippen molar-refractivity contribution in [3.8, 4) is 0 Å². The highest BCUT2D eigenvalue weighted by molar-refractivity contribution is 7.80. The Balaban J connectivity index is 1.66. The monoisotopic (exact) mass is 829 g/mol. The average Bonchev–Trinajstić information content (AvgIpc) is 3.57. The largest absolute Gasteiger partial charge is 0.481 e. The number of fused-ring (bicyclic) bond motifs is 1. The summed E-state index contributed by atoms with van der Waals surface area (Å²) < 4.78 is 86.9. The summed E-state index contributed by atoms with van der Waals surface area (Å²) >= 11 is 3.94. The average molecular weight is 830 g/mol. The number of imidazole rings is 1. The minimum Gasteiger partial charge on any atom is -0.386 e. The smallest absolute Gasteiger partial charge is 0.386 e. The van der Waals surface area contributed by atoms with Gasteiger partial charge in [-0.15, -0.1) is 4.36 Å². The second-order valence-corrected chi connectivity index (χ2v) is 16.3. The Morgan fingerprint density at radius 1 is 1.10 bits per heavy atom. The molecule has 30 heteroatoms. The number of phosphoric acid groups is 3. The number of ether oxygens (including phenoxy) is 1. The predicted molar refractivity (Wildman–Crippen MR) is 170 cm³/mol. The third kappa shape index (κ3) is 12.7. The molecule has 2 aromatic rings. The van der Waals surface area contributed by atoms with E-state index in [9.17, 15) is 61.5 Å². The summed E-state index contributed by atoms with van der Waals surface area (Å²) in [6.07, 6.45) is -7.57. The Labute approximate surface area is 294 Å². The number of hydrogen-bond acceptors (Lipinski definition) is 19. The number of rotatable bonds is 19. The van der Waals surface area contributed by atoms with Gasteiger partial charge >= 0.3 is 34.0 Å². The molecule has 2 amide bonds. The Morgan fingerprint density at radius 3 is 2.39 bits per heavy atom. The fourth-order valence-electron chi connectivity index (χ4n) is 4.24. The van der Waals surface area contributed by atoms with E-state index in [-0.39, 0.29) is 30.0 Å². The molecule has 51 heavy (non-hydrogen) atoms. The van der Waals surface area contributed by atoms with E-state index in [1.54, 1.807) is 0 Å². The molecule has 2 unspecified atom stereocenters. The zero-order valence-electron chi connectivity index (χ0n) is 26.3. The van der Waals surface area contributed by atoms with Gasteiger partial charge in [0.05, 0.1) is 19.5 Å². The summed E-state index contributed by atoms with van der Waals surface area (Å²) in [5.41, 5.74) is -1.99. The lowest BCUT2D eigenvalue weighted by molar-refractivity contribution is -0.137.